The predicted molar refractivity (Wildman–Crippen MR) is 101 cm³/mol. The van der Waals surface area contributed by atoms with Crippen LogP contribution in [0.5, 0.6) is 0 Å². The molecule has 0 aliphatic heterocycles. The third-order valence-corrected chi connectivity index (χ3v) is 5.56. The Balaban J connectivity index is 1.75. The molecule has 0 unspecified atom stereocenters. The zero-order chi connectivity index (χ0) is 19.9. The van der Waals surface area contributed by atoms with Gasteiger partial charge in [-0.15, -0.1) is 0 Å². The largest absolute Gasteiger partial charge is 0.280 e. The van der Waals surface area contributed by atoms with Crippen LogP contribution in [0.15, 0.2) is 76.4 Å². The lowest BCUT2D eigenvalue weighted by molar-refractivity contribution is 0.551. The summed E-state index contributed by atoms with van der Waals surface area (Å²) in [5.41, 5.74) is 0.948. The van der Waals surface area contributed by atoms with Gasteiger partial charge in [-0.2, -0.15) is 0 Å². The van der Waals surface area contributed by atoms with Crippen molar-refractivity contribution in [3.8, 4) is 5.69 Å². The number of rotatable bonds is 4. The Kier molecular flexibility index (Phi) is 4.23. The van der Waals surface area contributed by atoms with E-state index in [-0.39, 0.29) is 11.1 Å². The molecule has 28 heavy (non-hydrogen) atoms. The number of para-hydroxylation sites is 1. The van der Waals surface area contributed by atoms with Crippen molar-refractivity contribution in [2.75, 3.05) is 4.72 Å². The van der Waals surface area contributed by atoms with Gasteiger partial charge in [0, 0.05) is 11.8 Å². The van der Waals surface area contributed by atoms with E-state index < -0.39 is 32.1 Å². The van der Waals surface area contributed by atoms with E-state index >= 15 is 0 Å². The average Bonchev–Trinajstić information content (AvgIpc) is 2.98. The van der Waals surface area contributed by atoms with Gasteiger partial charge in [-0.25, -0.2) is 17.2 Å². The van der Waals surface area contributed by atoms with E-state index in [1.54, 1.807) is 10.7 Å². The molecule has 1 heterocycles. The Morgan fingerprint density at radius 3 is 2.39 bits per heavy atom. The standard InChI is InChI=1S/C19H13F2N3O3S/c20-12-6-9-18(16(21)10-12)28(26,27)23-13-7-8-17-15(11-13)19(25)22-24(17)14-4-2-1-3-5-14/h1-11,23H,(H,22,25). The molecule has 142 valence electrons. The van der Waals surface area contributed by atoms with Crippen LogP contribution < -0.4 is 10.3 Å². The zero-order valence-corrected chi connectivity index (χ0v) is 15.0. The quantitative estimate of drug-likeness (QED) is 0.550. The van der Waals surface area contributed by atoms with Crippen LogP contribution in [0.1, 0.15) is 0 Å². The molecule has 0 radical (unpaired) electrons. The van der Waals surface area contributed by atoms with Crippen LogP contribution in [0.25, 0.3) is 16.6 Å². The van der Waals surface area contributed by atoms with Gasteiger partial charge in [-0.1, -0.05) is 18.2 Å². The first kappa shape index (κ1) is 17.9. The minimum absolute atomic E-state index is 0.0764. The van der Waals surface area contributed by atoms with E-state index in [0.29, 0.717) is 11.6 Å². The molecule has 0 aliphatic rings. The van der Waals surface area contributed by atoms with E-state index in [0.717, 1.165) is 17.8 Å². The maximum absolute atomic E-state index is 13.8. The second kappa shape index (κ2) is 6.61. The number of aromatic nitrogens is 2. The number of benzene rings is 3. The Labute approximate surface area is 158 Å². The molecule has 3 aromatic carbocycles. The topological polar surface area (TPSA) is 84.0 Å². The Morgan fingerprint density at radius 1 is 0.929 bits per heavy atom. The van der Waals surface area contributed by atoms with E-state index in [1.807, 2.05) is 30.3 Å². The number of hydrogen-bond acceptors (Lipinski definition) is 3. The number of sulfonamides is 1. The second-order valence-electron chi connectivity index (χ2n) is 6.02. The van der Waals surface area contributed by atoms with Crippen LogP contribution in [0, 0.1) is 11.6 Å². The van der Waals surface area contributed by atoms with Gasteiger partial charge in [0.2, 0.25) is 0 Å². The van der Waals surface area contributed by atoms with Crippen molar-refractivity contribution >= 4 is 26.6 Å². The predicted octanol–water partition coefficient (Wildman–Crippen LogP) is 3.40. The average molecular weight is 401 g/mol. The summed E-state index contributed by atoms with van der Waals surface area (Å²) in [4.78, 5) is 11.6. The first-order valence-corrected chi connectivity index (χ1v) is 9.61. The molecule has 0 saturated heterocycles. The maximum atomic E-state index is 13.8. The lowest BCUT2D eigenvalue weighted by atomic mass is 10.2. The summed E-state index contributed by atoms with van der Waals surface area (Å²) in [6.45, 7) is 0. The Morgan fingerprint density at radius 2 is 1.68 bits per heavy atom. The number of nitrogens with one attached hydrogen (secondary N) is 2. The molecule has 0 saturated carbocycles. The summed E-state index contributed by atoms with van der Waals surface area (Å²) in [6.07, 6.45) is 0. The van der Waals surface area contributed by atoms with Gasteiger partial charge in [-0.3, -0.25) is 19.3 Å². The maximum Gasteiger partial charge on any atom is 0.272 e. The molecular formula is C19H13F2N3O3S. The highest BCUT2D eigenvalue weighted by Crippen LogP contribution is 2.23. The third kappa shape index (κ3) is 3.16. The number of H-pyrrole nitrogens is 1. The summed E-state index contributed by atoms with van der Waals surface area (Å²) in [7, 11) is -4.30. The molecule has 0 amide bonds. The highest BCUT2D eigenvalue weighted by Gasteiger charge is 2.20. The Bertz CT molecular complexity index is 1350. The number of aromatic amines is 1. The van der Waals surface area contributed by atoms with Crippen molar-refractivity contribution in [1.82, 2.24) is 9.78 Å². The van der Waals surface area contributed by atoms with Gasteiger partial charge in [0.25, 0.3) is 15.6 Å². The molecule has 6 nitrogen and oxygen atoms in total. The minimum Gasteiger partial charge on any atom is -0.280 e. The van der Waals surface area contributed by atoms with Gasteiger partial charge in [0.1, 0.15) is 16.5 Å². The van der Waals surface area contributed by atoms with Gasteiger partial charge in [0.15, 0.2) is 0 Å². The van der Waals surface area contributed by atoms with Gasteiger partial charge in [0.05, 0.1) is 16.6 Å². The minimum atomic E-state index is -4.30. The van der Waals surface area contributed by atoms with Crippen LogP contribution in [0.3, 0.4) is 0 Å². The molecule has 4 aromatic rings. The summed E-state index contributed by atoms with van der Waals surface area (Å²) in [5.74, 6) is -2.09. The number of hydrogen-bond donors (Lipinski definition) is 2. The Hall–Kier alpha value is -3.46. The fraction of sp³-hybridized carbons (Fsp3) is 0. The SMILES string of the molecule is O=c1[nH]n(-c2ccccc2)c2ccc(NS(=O)(=O)c3ccc(F)cc3F)cc12. The fourth-order valence-electron chi connectivity index (χ4n) is 2.88. The molecular weight excluding hydrogens is 388 g/mol. The van der Waals surface area contributed by atoms with Crippen molar-refractivity contribution in [2.24, 2.45) is 0 Å². The van der Waals surface area contributed by atoms with Crippen LogP contribution >= 0.6 is 0 Å². The highest BCUT2D eigenvalue weighted by molar-refractivity contribution is 7.92. The molecule has 1 aromatic heterocycles. The van der Waals surface area contributed by atoms with Gasteiger partial charge < -0.3 is 0 Å². The van der Waals surface area contributed by atoms with E-state index in [4.69, 9.17) is 0 Å². The van der Waals surface area contributed by atoms with Crippen LogP contribution in [-0.2, 0) is 10.0 Å². The molecule has 0 aliphatic carbocycles. The first-order chi connectivity index (χ1) is 13.3. The number of nitrogens with zero attached hydrogens (tertiary/aromatic N) is 1. The molecule has 4 rings (SSSR count). The van der Waals surface area contributed by atoms with E-state index in [1.165, 1.54) is 12.1 Å². The lowest BCUT2D eigenvalue weighted by Gasteiger charge is -2.09. The molecule has 0 fully saturated rings. The van der Waals surface area contributed by atoms with Crippen molar-refractivity contribution in [3.63, 3.8) is 0 Å². The summed E-state index contributed by atoms with van der Waals surface area (Å²) < 4.78 is 55.5. The number of halogens is 2. The van der Waals surface area contributed by atoms with E-state index in [2.05, 4.69) is 9.82 Å². The number of fused-ring (bicyclic) bond motifs is 1. The van der Waals surface area contributed by atoms with Gasteiger partial charge >= 0.3 is 0 Å². The van der Waals surface area contributed by atoms with Crippen LogP contribution in [0.2, 0.25) is 0 Å². The monoisotopic (exact) mass is 401 g/mol. The molecule has 0 bridgehead atoms. The second-order valence-corrected chi connectivity index (χ2v) is 7.67. The van der Waals surface area contributed by atoms with Crippen molar-refractivity contribution < 1.29 is 17.2 Å². The molecule has 0 spiro atoms. The summed E-state index contributed by atoms with van der Waals surface area (Å²) >= 11 is 0. The zero-order valence-electron chi connectivity index (χ0n) is 14.2. The normalized spacial score (nSPS) is 11.6. The van der Waals surface area contributed by atoms with Crippen molar-refractivity contribution in [3.05, 3.63) is 88.7 Å². The first-order valence-electron chi connectivity index (χ1n) is 8.13. The lowest BCUT2D eigenvalue weighted by Crippen LogP contribution is -2.15. The van der Waals surface area contributed by atoms with Crippen LogP contribution in [0.4, 0.5) is 14.5 Å². The highest BCUT2D eigenvalue weighted by atomic mass is 32.2. The third-order valence-electron chi connectivity index (χ3n) is 4.15. The molecule has 2 N–H and O–H groups in total. The van der Waals surface area contributed by atoms with Crippen LogP contribution in [-0.4, -0.2) is 18.2 Å². The smallest absolute Gasteiger partial charge is 0.272 e. The molecule has 9 heteroatoms. The summed E-state index contributed by atoms with van der Waals surface area (Å²) in [5, 5.41) is 2.94. The fourth-order valence-corrected chi connectivity index (χ4v) is 3.99. The van der Waals surface area contributed by atoms with Gasteiger partial charge in [-0.05, 0) is 42.5 Å². The van der Waals surface area contributed by atoms with Crippen molar-refractivity contribution in [2.45, 2.75) is 4.90 Å². The van der Waals surface area contributed by atoms with Crippen molar-refractivity contribution in [1.29, 1.82) is 0 Å². The summed E-state index contributed by atoms with van der Waals surface area (Å²) in [6, 6.07) is 15.7. The molecule has 0 atom stereocenters. The number of anilines is 1. The van der Waals surface area contributed by atoms with E-state index in [9.17, 15) is 22.0 Å².